The van der Waals surface area contributed by atoms with Gasteiger partial charge in [-0.3, -0.25) is 9.20 Å². The summed E-state index contributed by atoms with van der Waals surface area (Å²) in [7, 11) is 3.51. The molecule has 1 N–H and O–H groups in total. The topological polar surface area (TPSA) is 49.6 Å². The van der Waals surface area contributed by atoms with Gasteiger partial charge < -0.3 is 10.2 Å². The summed E-state index contributed by atoms with van der Waals surface area (Å²) >= 11 is 0. The number of rotatable bonds is 4. The van der Waals surface area contributed by atoms with Crippen LogP contribution in [0.2, 0.25) is 0 Å². The number of nitrogens with one attached hydrogen (secondary N) is 1. The maximum atomic E-state index is 12.3. The van der Waals surface area contributed by atoms with E-state index in [0.717, 1.165) is 17.2 Å². The average molecular weight is 322 g/mol. The van der Waals surface area contributed by atoms with Gasteiger partial charge in [-0.1, -0.05) is 24.3 Å². The van der Waals surface area contributed by atoms with Crippen LogP contribution in [-0.4, -0.2) is 34.3 Å². The zero-order valence-corrected chi connectivity index (χ0v) is 14.5. The summed E-state index contributed by atoms with van der Waals surface area (Å²) in [4.78, 5) is 18.4. The Balaban J connectivity index is 1.99. The molecule has 0 fully saturated rings. The van der Waals surface area contributed by atoms with Gasteiger partial charge in [-0.25, -0.2) is 4.98 Å². The fraction of sp³-hybridized carbons (Fsp3) is 0.263. The van der Waals surface area contributed by atoms with Crippen LogP contribution in [0.1, 0.15) is 27.2 Å². The first-order valence-electron chi connectivity index (χ1n) is 7.95. The molecule has 0 radical (unpaired) electrons. The number of hydrogen-bond donors (Lipinski definition) is 1. The van der Waals surface area contributed by atoms with Crippen LogP contribution in [0.4, 0.5) is 5.82 Å². The summed E-state index contributed by atoms with van der Waals surface area (Å²) in [6.07, 6.45) is 1.97. The number of anilines is 1. The van der Waals surface area contributed by atoms with Gasteiger partial charge in [-0.05, 0) is 37.1 Å². The molecule has 0 aliphatic rings. The molecule has 3 aromatic rings. The summed E-state index contributed by atoms with van der Waals surface area (Å²) in [5.41, 5.74) is 4.79. The maximum Gasteiger partial charge on any atom is 0.253 e. The van der Waals surface area contributed by atoms with Crippen LogP contribution in [0, 0.1) is 13.8 Å². The van der Waals surface area contributed by atoms with Crippen LogP contribution in [0.5, 0.6) is 0 Å². The number of hydrogen-bond acceptors (Lipinski definition) is 3. The van der Waals surface area contributed by atoms with Crippen molar-refractivity contribution in [3.05, 3.63) is 65.0 Å². The summed E-state index contributed by atoms with van der Waals surface area (Å²) in [6.45, 7) is 4.74. The fourth-order valence-corrected chi connectivity index (χ4v) is 2.72. The van der Waals surface area contributed by atoms with Gasteiger partial charge >= 0.3 is 0 Å². The van der Waals surface area contributed by atoms with E-state index in [-0.39, 0.29) is 5.91 Å². The van der Waals surface area contributed by atoms with Crippen molar-refractivity contribution in [2.45, 2.75) is 20.4 Å². The molecule has 2 aromatic heterocycles. The first-order valence-corrected chi connectivity index (χ1v) is 7.95. The zero-order valence-electron chi connectivity index (χ0n) is 14.5. The Morgan fingerprint density at radius 1 is 1.21 bits per heavy atom. The van der Waals surface area contributed by atoms with E-state index in [0.29, 0.717) is 12.1 Å². The Morgan fingerprint density at radius 3 is 2.67 bits per heavy atom. The third-order valence-electron chi connectivity index (χ3n) is 4.06. The number of pyridine rings is 1. The van der Waals surface area contributed by atoms with Crippen molar-refractivity contribution in [1.82, 2.24) is 14.3 Å². The highest BCUT2D eigenvalue weighted by Gasteiger charge is 2.13. The number of aryl methyl sites for hydroxylation is 2. The molecule has 124 valence electrons. The number of imidazole rings is 1. The molecular weight excluding hydrogens is 300 g/mol. The lowest BCUT2D eigenvalue weighted by molar-refractivity contribution is 0.0827. The van der Waals surface area contributed by atoms with E-state index in [1.165, 1.54) is 11.1 Å². The van der Waals surface area contributed by atoms with Crippen molar-refractivity contribution in [3.8, 4) is 0 Å². The molecule has 0 saturated heterocycles. The Labute approximate surface area is 141 Å². The number of carbonyl (C=O) groups is 1. The number of carbonyl (C=O) groups excluding carboxylic acids is 1. The van der Waals surface area contributed by atoms with Gasteiger partial charge in [-0.2, -0.15) is 0 Å². The molecule has 24 heavy (non-hydrogen) atoms. The lowest BCUT2D eigenvalue weighted by atomic mass is 10.1. The second-order valence-corrected chi connectivity index (χ2v) is 6.22. The van der Waals surface area contributed by atoms with E-state index in [2.05, 4.69) is 29.4 Å². The van der Waals surface area contributed by atoms with Crippen LogP contribution in [0.3, 0.4) is 0 Å². The maximum absolute atomic E-state index is 12.3. The molecule has 3 rings (SSSR count). The van der Waals surface area contributed by atoms with Crippen LogP contribution in [0.15, 0.2) is 42.6 Å². The van der Waals surface area contributed by atoms with Crippen molar-refractivity contribution in [2.75, 3.05) is 19.4 Å². The van der Waals surface area contributed by atoms with E-state index in [1.54, 1.807) is 19.0 Å². The molecule has 1 amide bonds. The van der Waals surface area contributed by atoms with E-state index in [1.807, 2.05) is 41.8 Å². The normalized spacial score (nSPS) is 10.8. The molecule has 0 atom stereocenters. The molecule has 0 saturated carbocycles. The molecular formula is C19H22N4O. The minimum atomic E-state index is -0.0305. The smallest absolute Gasteiger partial charge is 0.253 e. The number of fused-ring (bicyclic) bond motifs is 1. The molecule has 0 unspecified atom stereocenters. The van der Waals surface area contributed by atoms with Crippen molar-refractivity contribution >= 4 is 17.4 Å². The third kappa shape index (κ3) is 3.11. The minimum absolute atomic E-state index is 0.0305. The van der Waals surface area contributed by atoms with E-state index >= 15 is 0 Å². The second kappa shape index (κ2) is 6.35. The molecule has 5 nitrogen and oxygen atoms in total. The summed E-state index contributed by atoms with van der Waals surface area (Å²) in [6, 6.07) is 12.0. The van der Waals surface area contributed by atoms with Crippen LogP contribution < -0.4 is 5.32 Å². The quantitative estimate of drug-likeness (QED) is 0.802. The summed E-state index contributed by atoms with van der Waals surface area (Å²) < 4.78 is 1.99. The Hall–Kier alpha value is -2.82. The summed E-state index contributed by atoms with van der Waals surface area (Å²) in [5, 5.41) is 3.44. The standard InChI is InChI=1S/C19H22N4O/c1-13-7-5-6-8-15(13)11-20-17-9-16(19(24)22(3)4)10-18-21-14(2)12-23(17)18/h5-10,12,20H,11H2,1-4H3. The van der Waals surface area contributed by atoms with E-state index in [9.17, 15) is 4.79 Å². The monoisotopic (exact) mass is 322 g/mol. The van der Waals surface area contributed by atoms with Gasteiger partial charge in [0.1, 0.15) is 11.5 Å². The molecule has 5 heteroatoms. The molecule has 1 aromatic carbocycles. The molecule has 0 aliphatic carbocycles. The average Bonchev–Trinajstić information content (AvgIpc) is 2.93. The van der Waals surface area contributed by atoms with Crippen molar-refractivity contribution in [1.29, 1.82) is 0 Å². The predicted molar refractivity (Wildman–Crippen MR) is 96.5 cm³/mol. The number of aromatic nitrogens is 2. The molecule has 0 aliphatic heterocycles. The molecule has 0 spiro atoms. The molecule has 2 heterocycles. The highest BCUT2D eigenvalue weighted by molar-refractivity contribution is 5.95. The van der Waals surface area contributed by atoms with Crippen molar-refractivity contribution in [3.63, 3.8) is 0 Å². The Bertz CT molecular complexity index is 896. The van der Waals surface area contributed by atoms with Gasteiger partial charge in [0, 0.05) is 32.4 Å². The van der Waals surface area contributed by atoms with Crippen molar-refractivity contribution < 1.29 is 4.79 Å². The highest BCUT2D eigenvalue weighted by Crippen LogP contribution is 2.19. The van der Waals surface area contributed by atoms with Gasteiger partial charge in [0.05, 0.1) is 5.69 Å². The first kappa shape index (κ1) is 16.1. The second-order valence-electron chi connectivity index (χ2n) is 6.22. The van der Waals surface area contributed by atoms with Gasteiger partial charge in [0.25, 0.3) is 5.91 Å². The molecule has 0 bridgehead atoms. The zero-order chi connectivity index (χ0) is 17.3. The van der Waals surface area contributed by atoms with Gasteiger partial charge in [0.15, 0.2) is 0 Å². The SMILES string of the molecule is Cc1cn2c(NCc3ccccc3C)cc(C(=O)N(C)C)cc2n1. The number of amides is 1. The van der Waals surface area contributed by atoms with Gasteiger partial charge in [0.2, 0.25) is 0 Å². The lowest BCUT2D eigenvalue weighted by Crippen LogP contribution is -2.22. The third-order valence-corrected chi connectivity index (χ3v) is 4.06. The van der Waals surface area contributed by atoms with Gasteiger partial charge in [-0.15, -0.1) is 0 Å². The van der Waals surface area contributed by atoms with E-state index in [4.69, 9.17) is 0 Å². The number of nitrogens with zero attached hydrogens (tertiary/aromatic N) is 3. The largest absolute Gasteiger partial charge is 0.367 e. The Kier molecular flexibility index (Phi) is 4.25. The lowest BCUT2D eigenvalue weighted by Gasteiger charge is -2.14. The summed E-state index contributed by atoms with van der Waals surface area (Å²) in [5.74, 6) is 0.832. The van der Waals surface area contributed by atoms with Crippen LogP contribution in [-0.2, 0) is 6.54 Å². The van der Waals surface area contributed by atoms with Crippen LogP contribution in [0.25, 0.3) is 5.65 Å². The van der Waals surface area contributed by atoms with E-state index < -0.39 is 0 Å². The highest BCUT2D eigenvalue weighted by atomic mass is 16.2. The predicted octanol–water partition coefficient (Wildman–Crippen LogP) is 3.27. The minimum Gasteiger partial charge on any atom is -0.367 e. The fourth-order valence-electron chi connectivity index (χ4n) is 2.72. The van der Waals surface area contributed by atoms with Crippen molar-refractivity contribution in [2.24, 2.45) is 0 Å². The number of benzene rings is 1. The first-order chi connectivity index (χ1) is 11.5. The Morgan fingerprint density at radius 2 is 1.96 bits per heavy atom. The van der Waals surface area contributed by atoms with Crippen LogP contribution >= 0.6 is 0 Å².